The zero-order valence-corrected chi connectivity index (χ0v) is 8.88. The molecule has 1 aromatic carbocycles. The van der Waals surface area contributed by atoms with Crippen LogP contribution in [-0.2, 0) is 0 Å². The number of nitrogens with one attached hydrogen (secondary N) is 2. The van der Waals surface area contributed by atoms with Gasteiger partial charge in [-0.15, -0.1) is 0 Å². The van der Waals surface area contributed by atoms with Crippen molar-refractivity contribution in [3.63, 3.8) is 0 Å². The number of aromatic amines is 2. The highest BCUT2D eigenvalue weighted by molar-refractivity contribution is 5.79. The fourth-order valence-corrected chi connectivity index (χ4v) is 1.72. The third kappa shape index (κ3) is 1.49. The molecule has 4 nitrogen and oxygen atoms in total. The molecule has 0 amide bonds. The van der Waals surface area contributed by atoms with E-state index in [1.165, 1.54) is 0 Å². The first-order valence-corrected chi connectivity index (χ1v) is 5.00. The molecule has 2 N–H and O–H groups in total. The average Bonchev–Trinajstić information content (AvgIpc) is 2.85. The topological polar surface area (TPSA) is 57.4 Å². The molecular formula is C11H8F2N4. The number of rotatable bonds is 1. The number of H-pyrrole nitrogens is 2. The molecule has 0 aliphatic carbocycles. The van der Waals surface area contributed by atoms with Crippen molar-refractivity contribution in [2.24, 2.45) is 0 Å². The number of aromatic nitrogens is 4. The van der Waals surface area contributed by atoms with Crippen LogP contribution in [0.4, 0.5) is 8.78 Å². The quantitative estimate of drug-likeness (QED) is 0.679. The highest BCUT2D eigenvalue weighted by Gasteiger charge is 2.12. The first kappa shape index (κ1) is 9.95. The van der Waals surface area contributed by atoms with Crippen LogP contribution in [0.3, 0.4) is 0 Å². The number of imidazole rings is 1. The van der Waals surface area contributed by atoms with Gasteiger partial charge in [-0.2, -0.15) is 5.10 Å². The van der Waals surface area contributed by atoms with Crippen LogP contribution in [0.5, 0.6) is 0 Å². The predicted molar refractivity (Wildman–Crippen MR) is 58.3 cm³/mol. The minimum atomic E-state index is -0.903. The third-order valence-corrected chi connectivity index (χ3v) is 2.61. The Hall–Kier alpha value is -2.24. The lowest BCUT2D eigenvalue weighted by Gasteiger charge is -1.91. The summed E-state index contributed by atoms with van der Waals surface area (Å²) in [5.74, 6) is -1.26. The van der Waals surface area contributed by atoms with Crippen molar-refractivity contribution < 1.29 is 8.78 Å². The van der Waals surface area contributed by atoms with E-state index in [0.717, 1.165) is 23.4 Å². The van der Waals surface area contributed by atoms with E-state index >= 15 is 0 Å². The molecule has 0 unspecified atom stereocenters. The summed E-state index contributed by atoms with van der Waals surface area (Å²) in [6.07, 6.45) is 1.61. The minimum Gasteiger partial charge on any atom is -0.338 e. The van der Waals surface area contributed by atoms with Gasteiger partial charge in [-0.1, -0.05) is 0 Å². The Morgan fingerprint density at radius 2 is 1.94 bits per heavy atom. The van der Waals surface area contributed by atoms with Crippen LogP contribution in [0.2, 0.25) is 0 Å². The monoisotopic (exact) mass is 234 g/mol. The van der Waals surface area contributed by atoms with E-state index in [0.29, 0.717) is 16.9 Å². The highest BCUT2D eigenvalue weighted by Crippen LogP contribution is 2.23. The van der Waals surface area contributed by atoms with E-state index in [-0.39, 0.29) is 0 Å². The summed E-state index contributed by atoms with van der Waals surface area (Å²) in [6, 6.07) is 2.16. The van der Waals surface area contributed by atoms with Crippen LogP contribution in [0.1, 0.15) is 5.69 Å². The Morgan fingerprint density at radius 1 is 1.18 bits per heavy atom. The van der Waals surface area contributed by atoms with Crippen molar-refractivity contribution in [1.82, 2.24) is 20.2 Å². The fraction of sp³-hybridized carbons (Fsp3) is 0.0909. The molecule has 0 aliphatic heterocycles. The van der Waals surface area contributed by atoms with Crippen LogP contribution in [-0.4, -0.2) is 20.2 Å². The summed E-state index contributed by atoms with van der Waals surface area (Å²) in [6.45, 7) is 1.84. The molecule has 0 bridgehead atoms. The van der Waals surface area contributed by atoms with Gasteiger partial charge >= 0.3 is 0 Å². The SMILES string of the molecule is Cc1[nH]ncc1-c1nc2cc(F)c(F)cc2[nH]1. The van der Waals surface area contributed by atoms with E-state index in [9.17, 15) is 8.78 Å². The molecule has 0 saturated carbocycles. The number of aryl methyl sites for hydroxylation is 1. The van der Waals surface area contributed by atoms with Crippen molar-refractivity contribution in [3.05, 3.63) is 35.7 Å². The van der Waals surface area contributed by atoms with Gasteiger partial charge in [-0.25, -0.2) is 13.8 Å². The van der Waals surface area contributed by atoms with Crippen molar-refractivity contribution in [3.8, 4) is 11.4 Å². The van der Waals surface area contributed by atoms with E-state index in [1.54, 1.807) is 6.20 Å². The molecule has 3 aromatic rings. The molecule has 0 saturated heterocycles. The lowest BCUT2D eigenvalue weighted by Crippen LogP contribution is -1.82. The van der Waals surface area contributed by atoms with Gasteiger partial charge in [0.05, 0.1) is 22.8 Å². The molecule has 86 valence electrons. The second-order valence-electron chi connectivity index (χ2n) is 3.78. The number of benzene rings is 1. The highest BCUT2D eigenvalue weighted by atomic mass is 19.2. The average molecular weight is 234 g/mol. The van der Waals surface area contributed by atoms with Gasteiger partial charge in [0.2, 0.25) is 0 Å². The van der Waals surface area contributed by atoms with Crippen LogP contribution < -0.4 is 0 Å². The van der Waals surface area contributed by atoms with Gasteiger partial charge in [-0.3, -0.25) is 5.10 Å². The molecule has 0 fully saturated rings. The van der Waals surface area contributed by atoms with Gasteiger partial charge in [-0.05, 0) is 6.92 Å². The van der Waals surface area contributed by atoms with Gasteiger partial charge < -0.3 is 4.98 Å². The number of nitrogens with zero attached hydrogens (tertiary/aromatic N) is 2. The van der Waals surface area contributed by atoms with Gasteiger partial charge in [0.15, 0.2) is 11.6 Å². The summed E-state index contributed by atoms with van der Waals surface area (Å²) in [7, 11) is 0. The van der Waals surface area contributed by atoms with Gasteiger partial charge in [0.1, 0.15) is 5.82 Å². The Balaban J connectivity index is 2.24. The smallest absolute Gasteiger partial charge is 0.161 e. The standard InChI is InChI=1S/C11H8F2N4/c1-5-6(4-14-17-5)11-15-9-2-7(12)8(13)3-10(9)16-11/h2-4H,1H3,(H,14,17)(H,15,16). The molecule has 6 heteroatoms. The molecule has 17 heavy (non-hydrogen) atoms. The van der Waals surface area contributed by atoms with Crippen molar-refractivity contribution in [2.75, 3.05) is 0 Å². The molecule has 0 aliphatic rings. The van der Waals surface area contributed by atoms with Gasteiger partial charge in [0.25, 0.3) is 0 Å². The lowest BCUT2D eigenvalue weighted by molar-refractivity contribution is 0.510. The molecule has 0 radical (unpaired) electrons. The zero-order chi connectivity index (χ0) is 12.0. The maximum atomic E-state index is 13.0. The lowest BCUT2D eigenvalue weighted by atomic mass is 10.2. The molecule has 2 aromatic heterocycles. The summed E-state index contributed by atoms with van der Waals surface area (Å²) in [5.41, 5.74) is 2.46. The summed E-state index contributed by atoms with van der Waals surface area (Å²) in [4.78, 5) is 7.12. The van der Waals surface area contributed by atoms with E-state index in [2.05, 4.69) is 20.2 Å². The molecule has 0 atom stereocenters. The summed E-state index contributed by atoms with van der Waals surface area (Å²) >= 11 is 0. The second kappa shape index (κ2) is 3.38. The van der Waals surface area contributed by atoms with Crippen LogP contribution in [0.15, 0.2) is 18.3 Å². The van der Waals surface area contributed by atoms with Crippen molar-refractivity contribution >= 4 is 11.0 Å². The van der Waals surface area contributed by atoms with Crippen molar-refractivity contribution in [2.45, 2.75) is 6.92 Å². The number of hydrogen-bond acceptors (Lipinski definition) is 2. The minimum absolute atomic E-state index is 0.388. The maximum Gasteiger partial charge on any atom is 0.161 e. The Labute approximate surface area is 94.7 Å². The summed E-state index contributed by atoms with van der Waals surface area (Å²) < 4.78 is 26.1. The third-order valence-electron chi connectivity index (χ3n) is 2.61. The van der Waals surface area contributed by atoms with E-state index in [1.807, 2.05) is 6.92 Å². The fourth-order valence-electron chi connectivity index (χ4n) is 1.72. The normalized spacial score (nSPS) is 11.2. The predicted octanol–water partition coefficient (Wildman–Crippen LogP) is 2.54. The molecule has 2 heterocycles. The molecule has 3 rings (SSSR count). The first-order chi connectivity index (χ1) is 8.15. The second-order valence-corrected chi connectivity index (χ2v) is 3.78. The summed E-state index contributed by atoms with van der Waals surface area (Å²) in [5, 5.41) is 6.65. The van der Waals surface area contributed by atoms with E-state index in [4.69, 9.17) is 0 Å². The van der Waals surface area contributed by atoms with E-state index < -0.39 is 11.6 Å². The molecular weight excluding hydrogens is 226 g/mol. The molecule has 0 spiro atoms. The van der Waals surface area contributed by atoms with Crippen LogP contribution in [0, 0.1) is 18.6 Å². The number of hydrogen-bond donors (Lipinski definition) is 2. The van der Waals surface area contributed by atoms with Crippen LogP contribution in [0.25, 0.3) is 22.4 Å². The van der Waals surface area contributed by atoms with Gasteiger partial charge in [0, 0.05) is 17.8 Å². The Kier molecular flexibility index (Phi) is 1.98. The zero-order valence-electron chi connectivity index (χ0n) is 8.88. The Bertz CT molecular complexity index is 660. The first-order valence-electron chi connectivity index (χ1n) is 5.00. The Morgan fingerprint density at radius 3 is 2.65 bits per heavy atom. The van der Waals surface area contributed by atoms with Crippen molar-refractivity contribution in [1.29, 1.82) is 0 Å². The number of halogens is 2. The van der Waals surface area contributed by atoms with Crippen LogP contribution >= 0.6 is 0 Å². The largest absolute Gasteiger partial charge is 0.338 e. The maximum absolute atomic E-state index is 13.0. The number of fused-ring (bicyclic) bond motifs is 1.